The van der Waals surface area contributed by atoms with Gasteiger partial charge in [-0.3, -0.25) is 4.79 Å². The Morgan fingerprint density at radius 2 is 2.00 bits per heavy atom. The van der Waals surface area contributed by atoms with Crippen LogP contribution in [0.3, 0.4) is 0 Å². The molecular formula is C14H19F3N2O2. The van der Waals surface area contributed by atoms with Crippen LogP contribution in [0, 0.1) is 0 Å². The van der Waals surface area contributed by atoms with Crippen molar-refractivity contribution < 1.29 is 22.7 Å². The molecule has 1 rings (SSSR count). The van der Waals surface area contributed by atoms with Crippen molar-refractivity contribution in [2.24, 2.45) is 0 Å². The van der Waals surface area contributed by atoms with Crippen molar-refractivity contribution in [2.45, 2.75) is 25.6 Å². The molecule has 1 atom stereocenters. The molecule has 0 aliphatic carbocycles. The molecule has 0 aliphatic rings. The number of halogens is 3. The fourth-order valence-corrected chi connectivity index (χ4v) is 1.77. The molecular weight excluding hydrogens is 285 g/mol. The summed E-state index contributed by atoms with van der Waals surface area (Å²) in [5.41, 5.74) is 0.968. The smallest absolute Gasteiger partial charge is 0.405 e. The number of para-hydroxylation sites is 1. The molecule has 1 unspecified atom stereocenters. The molecule has 0 saturated carbocycles. The zero-order chi connectivity index (χ0) is 15.9. The van der Waals surface area contributed by atoms with Gasteiger partial charge in [-0.1, -0.05) is 18.2 Å². The van der Waals surface area contributed by atoms with Crippen molar-refractivity contribution in [1.29, 1.82) is 0 Å². The number of carbonyl (C=O) groups is 1. The standard InChI is InChI=1S/C14H19F3N2O2/c1-10(13(20)19-9-14(15,16)17)18-8-7-11-5-3-4-6-12(11)21-2/h3-6,10,18H,7-9H2,1-2H3,(H,19,20). The van der Waals surface area contributed by atoms with E-state index in [4.69, 9.17) is 4.74 Å². The van der Waals surface area contributed by atoms with Gasteiger partial charge in [0.05, 0.1) is 13.2 Å². The molecule has 1 aromatic rings. The van der Waals surface area contributed by atoms with Crippen LogP contribution >= 0.6 is 0 Å². The van der Waals surface area contributed by atoms with Crippen molar-refractivity contribution in [2.75, 3.05) is 20.2 Å². The molecule has 0 saturated heterocycles. The quantitative estimate of drug-likeness (QED) is 0.809. The summed E-state index contributed by atoms with van der Waals surface area (Å²) >= 11 is 0. The largest absolute Gasteiger partial charge is 0.496 e. The highest BCUT2D eigenvalue weighted by Gasteiger charge is 2.28. The lowest BCUT2D eigenvalue weighted by molar-refractivity contribution is -0.139. The van der Waals surface area contributed by atoms with Gasteiger partial charge in [-0.15, -0.1) is 0 Å². The Morgan fingerprint density at radius 3 is 2.62 bits per heavy atom. The number of hydrogen-bond donors (Lipinski definition) is 2. The summed E-state index contributed by atoms with van der Waals surface area (Å²) in [6.45, 7) is 0.666. The van der Waals surface area contributed by atoms with Crippen molar-refractivity contribution >= 4 is 5.91 Å². The van der Waals surface area contributed by atoms with Crippen molar-refractivity contribution in [1.82, 2.24) is 10.6 Å². The number of benzene rings is 1. The van der Waals surface area contributed by atoms with Crippen LogP contribution < -0.4 is 15.4 Å². The first kappa shape index (κ1) is 17.3. The van der Waals surface area contributed by atoms with E-state index in [1.165, 1.54) is 6.92 Å². The van der Waals surface area contributed by atoms with E-state index in [0.717, 1.165) is 11.3 Å². The number of alkyl halides is 3. The number of hydrogen-bond acceptors (Lipinski definition) is 3. The molecule has 0 radical (unpaired) electrons. The number of ether oxygens (including phenoxy) is 1. The van der Waals surface area contributed by atoms with Crippen LogP contribution in [0.2, 0.25) is 0 Å². The molecule has 0 heterocycles. The molecule has 118 valence electrons. The van der Waals surface area contributed by atoms with Crippen molar-refractivity contribution in [3.05, 3.63) is 29.8 Å². The lowest BCUT2D eigenvalue weighted by atomic mass is 10.1. The SMILES string of the molecule is COc1ccccc1CCNC(C)C(=O)NCC(F)(F)F. The summed E-state index contributed by atoms with van der Waals surface area (Å²) < 4.78 is 41.2. The molecule has 1 aromatic carbocycles. The second kappa shape index (κ2) is 7.87. The predicted molar refractivity (Wildman–Crippen MR) is 73.2 cm³/mol. The van der Waals surface area contributed by atoms with E-state index in [2.05, 4.69) is 5.32 Å². The summed E-state index contributed by atoms with van der Waals surface area (Å²) in [7, 11) is 1.57. The maximum Gasteiger partial charge on any atom is 0.405 e. The van der Waals surface area contributed by atoms with Gasteiger partial charge in [0.2, 0.25) is 5.91 Å². The van der Waals surface area contributed by atoms with E-state index >= 15 is 0 Å². The van der Waals surface area contributed by atoms with Gasteiger partial charge in [0.15, 0.2) is 0 Å². The molecule has 2 N–H and O–H groups in total. The molecule has 0 spiro atoms. The van der Waals surface area contributed by atoms with E-state index < -0.39 is 24.7 Å². The fraction of sp³-hybridized carbons (Fsp3) is 0.500. The zero-order valence-corrected chi connectivity index (χ0v) is 12.0. The van der Waals surface area contributed by atoms with E-state index in [1.807, 2.05) is 29.6 Å². The number of carbonyl (C=O) groups excluding carboxylic acids is 1. The van der Waals surface area contributed by atoms with Gasteiger partial charge in [0.1, 0.15) is 12.3 Å². The maximum absolute atomic E-state index is 12.0. The summed E-state index contributed by atoms with van der Waals surface area (Å²) in [6, 6.07) is 6.76. The highest BCUT2D eigenvalue weighted by atomic mass is 19.4. The van der Waals surface area contributed by atoms with Crippen LogP contribution in [0.5, 0.6) is 5.75 Å². The van der Waals surface area contributed by atoms with Crippen LogP contribution in [0.1, 0.15) is 12.5 Å². The number of methoxy groups -OCH3 is 1. The average Bonchev–Trinajstić information content (AvgIpc) is 2.44. The summed E-state index contributed by atoms with van der Waals surface area (Å²) in [4.78, 5) is 11.5. The summed E-state index contributed by atoms with van der Waals surface area (Å²) in [6.07, 6.45) is -3.78. The fourth-order valence-electron chi connectivity index (χ4n) is 1.77. The normalized spacial score (nSPS) is 12.8. The van der Waals surface area contributed by atoms with Gasteiger partial charge in [0.25, 0.3) is 0 Å². The lowest BCUT2D eigenvalue weighted by Gasteiger charge is -2.15. The molecule has 0 fully saturated rings. The highest BCUT2D eigenvalue weighted by molar-refractivity contribution is 5.81. The predicted octanol–water partition coefficient (Wildman–Crippen LogP) is 1.89. The van der Waals surface area contributed by atoms with Crippen LogP contribution in [-0.2, 0) is 11.2 Å². The average molecular weight is 304 g/mol. The minimum Gasteiger partial charge on any atom is -0.496 e. The summed E-state index contributed by atoms with van der Waals surface area (Å²) in [5.74, 6) is 0.0702. The molecule has 0 bridgehead atoms. The number of amides is 1. The van der Waals surface area contributed by atoms with Gasteiger partial charge in [-0.05, 0) is 25.0 Å². The Kier molecular flexibility index (Phi) is 6.48. The van der Waals surface area contributed by atoms with E-state index in [-0.39, 0.29) is 0 Å². The van der Waals surface area contributed by atoms with Crippen molar-refractivity contribution in [3.63, 3.8) is 0 Å². The van der Waals surface area contributed by atoms with Gasteiger partial charge in [-0.25, -0.2) is 0 Å². The Morgan fingerprint density at radius 1 is 1.33 bits per heavy atom. The van der Waals surface area contributed by atoms with Crippen LogP contribution in [0.4, 0.5) is 13.2 Å². The Hall–Kier alpha value is -1.76. The highest BCUT2D eigenvalue weighted by Crippen LogP contribution is 2.17. The topological polar surface area (TPSA) is 50.4 Å². The molecule has 4 nitrogen and oxygen atoms in total. The summed E-state index contributed by atoms with van der Waals surface area (Å²) in [5, 5.41) is 4.73. The minimum absolute atomic E-state index is 0.459. The Balaban J connectivity index is 2.36. The third-order valence-electron chi connectivity index (χ3n) is 2.89. The van der Waals surface area contributed by atoms with Crippen molar-refractivity contribution in [3.8, 4) is 5.75 Å². The Bertz CT molecular complexity index is 464. The molecule has 21 heavy (non-hydrogen) atoms. The lowest BCUT2D eigenvalue weighted by Crippen LogP contribution is -2.45. The maximum atomic E-state index is 12.0. The Labute approximate surface area is 121 Å². The first-order chi connectivity index (χ1) is 9.83. The van der Waals surface area contributed by atoms with Crippen LogP contribution in [0.25, 0.3) is 0 Å². The van der Waals surface area contributed by atoms with Gasteiger partial charge < -0.3 is 15.4 Å². The van der Waals surface area contributed by atoms with Crippen LogP contribution in [-0.4, -0.2) is 38.3 Å². The van der Waals surface area contributed by atoms with E-state index in [9.17, 15) is 18.0 Å². The van der Waals surface area contributed by atoms with Gasteiger partial charge >= 0.3 is 6.18 Å². The van der Waals surface area contributed by atoms with Crippen LogP contribution in [0.15, 0.2) is 24.3 Å². The first-order valence-electron chi connectivity index (χ1n) is 6.53. The van der Waals surface area contributed by atoms with Gasteiger partial charge in [-0.2, -0.15) is 13.2 Å². The molecule has 7 heteroatoms. The molecule has 0 aliphatic heterocycles. The second-order valence-electron chi connectivity index (χ2n) is 4.57. The third kappa shape index (κ3) is 6.48. The third-order valence-corrected chi connectivity index (χ3v) is 2.89. The number of nitrogens with one attached hydrogen (secondary N) is 2. The minimum atomic E-state index is -4.40. The van der Waals surface area contributed by atoms with E-state index in [1.54, 1.807) is 7.11 Å². The van der Waals surface area contributed by atoms with Gasteiger partial charge in [0, 0.05) is 6.54 Å². The monoisotopic (exact) mass is 304 g/mol. The van der Waals surface area contributed by atoms with E-state index in [0.29, 0.717) is 13.0 Å². The zero-order valence-electron chi connectivity index (χ0n) is 12.0. The molecule has 1 amide bonds. The number of rotatable bonds is 7. The molecule has 0 aromatic heterocycles. The second-order valence-corrected chi connectivity index (χ2v) is 4.57. The first-order valence-corrected chi connectivity index (χ1v) is 6.53.